The molecule has 1 N–H and O–H groups in total. The molecule has 0 spiro atoms. The average molecular weight is 205 g/mol. The van der Waals surface area contributed by atoms with Gasteiger partial charge in [0.2, 0.25) is 0 Å². The predicted octanol–water partition coefficient (Wildman–Crippen LogP) is 2.44. The summed E-state index contributed by atoms with van der Waals surface area (Å²) in [6, 6.07) is 3.85. The van der Waals surface area contributed by atoms with Gasteiger partial charge >= 0.3 is 5.97 Å². The zero-order valence-corrected chi connectivity index (χ0v) is 8.60. The highest BCUT2D eigenvalue weighted by molar-refractivity contribution is 5.68. The predicted molar refractivity (Wildman–Crippen MR) is 56.6 cm³/mol. The van der Waals surface area contributed by atoms with Crippen molar-refractivity contribution in [2.24, 2.45) is 5.92 Å². The van der Waals surface area contributed by atoms with Crippen LogP contribution in [0.15, 0.2) is 24.5 Å². The van der Waals surface area contributed by atoms with Gasteiger partial charge in [-0.05, 0) is 29.9 Å². The molecule has 1 aromatic rings. The molecule has 1 aliphatic rings. The summed E-state index contributed by atoms with van der Waals surface area (Å²) in [5, 5.41) is 8.86. The third-order valence-electron chi connectivity index (χ3n) is 2.89. The molecule has 0 saturated heterocycles. The highest BCUT2D eigenvalue weighted by atomic mass is 16.4. The van der Waals surface area contributed by atoms with Crippen molar-refractivity contribution in [1.82, 2.24) is 4.98 Å². The van der Waals surface area contributed by atoms with Gasteiger partial charge < -0.3 is 5.11 Å². The van der Waals surface area contributed by atoms with E-state index >= 15 is 0 Å². The van der Waals surface area contributed by atoms with E-state index in [0.29, 0.717) is 0 Å². The third kappa shape index (κ3) is 3.05. The Morgan fingerprint density at radius 3 is 2.93 bits per heavy atom. The summed E-state index contributed by atoms with van der Waals surface area (Å²) in [5.41, 5.74) is 1.06. The topological polar surface area (TPSA) is 50.2 Å². The second kappa shape index (κ2) is 4.43. The maximum Gasteiger partial charge on any atom is 0.303 e. The van der Waals surface area contributed by atoms with E-state index in [4.69, 9.17) is 5.11 Å². The summed E-state index contributed by atoms with van der Waals surface area (Å²) < 4.78 is 0. The number of hydrogen-bond acceptors (Lipinski definition) is 2. The van der Waals surface area contributed by atoms with Gasteiger partial charge in [-0.15, -0.1) is 0 Å². The van der Waals surface area contributed by atoms with Crippen LogP contribution >= 0.6 is 0 Å². The Kier molecular flexibility index (Phi) is 2.99. The quantitative estimate of drug-likeness (QED) is 0.803. The zero-order chi connectivity index (χ0) is 10.7. The molecule has 2 rings (SSSR count). The van der Waals surface area contributed by atoms with Crippen LogP contribution in [0.4, 0.5) is 0 Å². The second-order valence-electron chi connectivity index (χ2n) is 4.26. The molecule has 80 valence electrons. The van der Waals surface area contributed by atoms with Crippen molar-refractivity contribution >= 4 is 5.97 Å². The van der Waals surface area contributed by atoms with Crippen molar-refractivity contribution < 1.29 is 9.90 Å². The fourth-order valence-corrected chi connectivity index (χ4v) is 1.92. The molecule has 0 bridgehead atoms. The highest BCUT2D eigenvalue weighted by Crippen LogP contribution is 2.39. The number of aliphatic carboxylic acids is 1. The Bertz CT molecular complexity index is 333. The number of carboxylic acids is 1. The molecule has 1 aromatic heterocycles. The minimum atomic E-state index is -0.718. The van der Waals surface area contributed by atoms with E-state index in [1.807, 2.05) is 12.1 Å². The first-order valence-corrected chi connectivity index (χ1v) is 5.37. The summed E-state index contributed by atoms with van der Waals surface area (Å²) in [7, 11) is 0. The lowest BCUT2D eigenvalue weighted by Crippen LogP contribution is -2.07. The van der Waals surface area contributed by atoms with Crippen molar-refractivity contribution in [1.29, 1.82) is 0 Å². The molecule has 1 fully saturated rings. The molecule has 0 radical (unpaired) electrons. The Labute approximate surface area is 89.2 Å². The first-order valence-electron chi connectivity index (χ1n) is 5.37. The van der Waals surface area contributed by atoms with Gasteiger partial charge in [-0.3, -0.25) is 9.78 Å². The van der Waals surface area contributed by atoms with Gasteiger partial charge in [0.05, 0.1) is 6.42 Å². The number of pyridine rings is 1. The van der Waals surface area contributed by atoms with E-state index in [0.717, 1.165) is 17.9 Å². The van der Waals surface area contributed by atoms with Crippen LogP contribution in [-0.4, -0.2) is 16.1 Å². The van der Waals surface area contributed by atoms with E-state index in [1.54, 1.807) is 12.4 Å². The standard InChI is InChI=1S/C12H15NO2/c14-12(15)7-11(6-9-3-4-9)10-2-1-5-13-8-10/h1-2,5,8-9,11H,3-4,6-7H2,(H,14,15)/t11-/m0/s1. The highest BCUT2D eigenvalue weighted by Gasteiger charge is 2.27. The molecular weight excluding hydrogens is 190 g/mol. The van der Waals surface area contributed by atoms with Gasteiger partial charge in [-0.25, -0.2) is 0 Å². The Morgan fingerprint density at radius 2 is 2.40 bits per heavy atom. The monoisotopic (exact) mass is 205 g/mol. The van der Waals surface area contributed by atoms with E-state index in [-0.39, 0.29) is 12.3 Å². The number of aromatic nitrogens is 1. The number of hydrogen-bond donors (Lipinski definition) is 1. The summed E-state index contributed by atoms with van der Waals surface area (Å²) >= 11 is 0. The van der Waals surface area contributed by atoms with E-state index in [2.05, 4.69) is 4.98 Å². The van der Waals surface area contributed by atoms with Gasteiger partial charge in [0.15, 0.2) is 0 Å². The van der Waals surface area contributed by atoms with Gasteiger partial charge in [-0.2, -0.15) is 0 Å². The molecule has 0 aliphatic heterocycles. The molecule has 0 amide bonds. The molecule has 1 atom stereocenters. The van der Waals surface area contributed by atoms with Crippen LogP contribution < -0.4 is 0 Å². The Balaban J connectivity index is 2.06. The minimum Gasteiger partial charge on any atom is -0.481 e. The smallest absolute Gasteiger partial charge is 0.303 e. The third-order valence-corrected chi connectivity index (χ3v) is 2.89. The summed E-state index contributed by atoms with van der Waals surface area (Å²) in [5.74, 6) is 0.169. The molecule has 1 aliphatic carbocycles. The molecule has 0 unspecified atom stereocenters. The second-order valence-corrected chi connectivity index (χ2v) is 4.26. The minimum absolute atomic E-state index is 0.142. The molecule has 3 heteroatoms. The fraction of sp³-hybridized carbons (Fsp3) is 0.500. The summed E-state index contributed by atoms with van der Waals surface area (Å²) in [6.45, 7) is 0. The molecule has 3 nitrogen and oxygen atoms in total. The SMILES string of the molecule is O=C(O)C[C@H](CC1CC1)c1cccnc1. The average Bonchev–Trinajstić information content (AvgIpc) is 3.01. The van der Waals surface area contributed by atoms with Gasteiger partial charge in [0.25, 0.3) is 0 Å². The number of nitrogens with zero attached hydrogens (tertiary/aromatic N) is 1. The Morgan fingerprint density at radius 1 is 1.60 bits per heavy atom. The summed E-state index contributed by atoms with van der Waals surface area (Å²) in [6.07, 6.45) is 7.25. The van der Waals surface area contributed by atoms with Crippen LogP contribution in [0.25, 0.3) is 0 Å². The number of carboxylic acid groups (broad SMARTS) is 1. The molecule has 0 aromatic carbocycles. The summed E-state index contributed by atoms with van der Waals surface area (Å²) in [4.78, 5) is 14.8. The lowest BCUT2D eigenvalue weighted by molar-refractivity contribution is -0.137. The fourth-order valence-electron chi connectivity index (χ4n) is 1.92. The largest absolute Gasteiger partial charge is 0.481 e. The van der Waals surface area contributed by atoms with Crippen molar-refractivity contribution in [2.75, 3.05) is 0 Å². The zero-order valence-electron chi connectivity index (χ0n) is 8.60. The van der Waals surface area contributed by atoms with Gasteiger partial charge in [0.1, 0.15) is 0 Å². The molecular formula is C12H15NO2. The van der Waals surface area contributed by atoms with Gasteiger partial charge in [0, 0.05) is 12.4 Å². The van der Waals surface area contributed by atoms with Crippen molar-refractivity contribution in [3.8, 4) is 0 Å². The Hall–Kier alpha value is -1.38. The van der Waals surface area contributed by atoms with Crippen LogP contribution in [-0.2, 0) is 4.79 Å². The normalized spacial score (nSPS) is 17.3. The van der Waals surface area contributed by atoms with Crippen LogP contribution in [0, 0.1) is 5.92 Å². The molecule has 15 heavy (non-hydrogen) atoms. The van der Waals surface area contributed by atoms with Crippen molar-refractivity contribution in [3.05, 3.63) is 30.1 Å². The number of carbonyl (C=O) groups is 1. The van der Waals surface area contributed by atoms with Crippen LogP contribution in [0.3, 0.4) is 0 Å². The lowest BCUT2D eigenvalue weighted by atomic mass is 9.92. The van der Waals surface area contributed by atoms with Crippen molar-refractivity contribution in [3.63, 3.8) is 0 Å². The first kappa shape index (κ1) is 10.1. The van der Waals surface area contributed by atoms with E-state index < -0.39 is 5.97 Å². The molecule has 1 saturated carbocycles. The lowest BCUT2D eigenvalue weighted by Gasteiger charge is -2.13. The molecule has 1 heterocycles. The number of rotatable bonds is 5. The maximum absolute atomic E-state index is 10.8. The van der Waals surface area contributed by atoms with E-state index in [9.17, 15) is 4.79 Å². The first-order chi connectivity index (χ1) is 7.25. The van der Waals surface area contributed by atoms with E-state index in [1.165, 1.54) is 12.8 Å². The van der Waals surface area contributed by atoms with Gasteiger partial charge in [-0.1, -0.05) is 18.9 Å². The maximum atomic E-state index is 10.8. The van der Waals surface area contributed by atoms with Crippen molar-refractivity contribution in [2.45, 2.75) is 31.6 Å². The van der Waals surface area contributed by atoms with Crippen LogP contribution in [0.2, 0.25) is 0 Å². The van der Waals surface area contributed by atoms with Crippen LogP contribution in [0.5, 0.6) is 0 Å². The van der Waals surface area contributed by atoms with Crippen LogP contribution in [0.1, 0.15) is 37.2 Å².